The molecule has 1 aromatic carbocycles. The second-order valence-electron chi connectivity index (χ2n) is 6.37. The molecule has 0 aliphatic carbocycles. The third kappa shape index (κ3) is 4.88. The lowest BCUT2D eigenvalue weighted by molar-refractivity contribution is 0.475. The molecule has 0 aliphatic heterocycles. The summed E-state index contributed by atoms with van der Waals surface area (Å²) in [6, 6.07) is 11.2. The Morgan fingerprint density at radius 3 is 2.86 bits per heavy atom. The van der Waals surface area contributed by atoms with Gasteiger partial charge in [0, 0.05) is 29.4 Å². The zero-order valence-corrected chi connectivity index (χ0v) is 17.0. The first-order chi connectivity index (χ1) is 13.6. The molecule has 0 atom stereocenters. The van der Waals surface area contributed by atoms with Gasteiger partial charge in [-0.1, -0.05) is 37.8 Å². The number of aromatic hydroxyl groups is 1. The van der Waals surface area contributed by atoms with Crippen LogP contribution in [0.2, 0.25) is 0 Å². The van der Waals surface area contributed by atoms with Crippen LogP contribution in [0.4, 0.5) is 11.4 Å². The number of phenols is 1. The number of hydrogen-bond acceptors (Lipinski definition) is 5. The molecular formula is C23H25N3OS. The molecule has 0 radical (unpaired) electrons. The van der Waals surface area contributed by atoms with Crippen LogP contribution in [0, 0.1) is 0 Å². The summed E-state index contributed by atoms with van der Waals surface area (Å²) in [6.07, 6.45) is 8.06. The molecule has 0 amide bonds. The van der Waals surface area contributed by atoms with Gasteiger partial charge in [0.15, 0.2) is 0 Å². The van der Waals surface area contributed by atoms with Crippen molar-refractivity contribution in [1.82, 2.24) is 10.3 Å². The van der Waals surface area contributed by atoms with E-state index >= 15 is 0 Å². The van der Waals surface area contributed by atoms with Gasteiger partial charge in [0.25, 0.3) is 0 Å². The predicted molar refractivity (Wildman–Crippen MR) is 121 cm³/mol. The first-order valence-corrected chi connectivity index (χ1v) is 10.1. The lowest BCUT2D eigenvalue weighted by Crippen LogP contribution is -2.14. The van der Waals surface area contributed by atoms with Crippen LogP contribution in [-0.4, -0.2) is 23.2 Å². The molecule has 0 fully saturated rings. The Morgan fingerprint density at radius 1 is 1.25 bits per heavy atom. The molecule has 0 saturated carbocycles. The van der Waals surface area contributed by atoms with Crippen molar-refractivity contribution in [2.24, 2.45) is 0 Å². The first kappa shape index (κ1) is 19.9. The summed E-state index contributed by atoms with van der Waals surface area (Å²) in [5, 5.41) is 16.4. The first-order valence-electron chi connectivity index (χ1n) is 9.28. The molecule has 0 aliphatic rings. The number of thiophene rings is 1. The van der Waals surface area contributed by atoms with Crippen LogP contribution in [0.25, 0.3) is 15.8 Å². The fraction of sp³-hybridized carbons (Fsp3) is 0.174. The standard InChI is InChI=1S/C23H25N3OS/c1-4-17(10-9-16(3)15-24-5-2)22-14-21-23(28-22)20(11-12-25-21)26-18-7-6-8-19(27)13-18/h4,6-14,24,27H,3,5,15H2,1-2H3,(H,25,26)/b10-9-,17-4+. The maximum atomic E-state index is 9.69. The maximum Gasteiger partial charge on any atom is 0.117 e. The summed E-state index contributed by atoms with van der Waals surface area (Å²) in [4.78, 5) is 5.67. The van der Waals surface area contributed by atoms with E-state index < -0.39 is 0 Å². The highest BCUT2D eigenvalue weighted by Gasteiger charge is 2.10. The minimum Gasteiger partial charge on any atom is -0.508 e. The minimum atomic E-state index is 0.237. The summed E-state index contributed by atoms with van der Waals surface area (Å²) in [5.41, 5.74) is 4.95. The van der Waals surface area contributed by atoms with Gasteiger partial charge in [-0.3, -0.25) is 4.98 Å². The van der Waals surface area contributed by atoms with Crippen LogP contribution in [0.1, 0.15) is 18.7 Å². The molecule has 0 saturated heterocycles. The molecular weight excluding hydrogens is 366 g/mol. The molecule has 5 heteroatoms. The van der Waals surface area contributed by atoms with Crippen LogP contribution in [-0.2, 0) is 0 Å². The fourth-order valence-electron chi connectivity index (χ4n) is 2.79. The Kier molecular flexibility index (Phi) is 6.63. The number of fused-ring (bicyclic) bond motifs is 1. The third-order valence-corrected chi connectivity index (χ3v) is 5.44. The number of rotatable bonds is 8. The van der Waals surface area contributed by atoms with E-state index in [1.165, 1.54) is 0 Å². The van der Waals surface area contributed by atoms with E-state index in [2.05, 4.69) is 53.4 Å². The van der Waals surface area contributed by atoms with Gasteiger partial charge in [-0.25, -0.2) is 0 Å². The van der Waals surface area contributed by atoms with Gasteiger partial charge < -0.3 is 15.7 Å². The van der Waals surface area contributed by atoms with Crippen molar-refractivity contribution in [3.8, 4) is 5.75 Å². The Balaban J connectivity index is 1.87. The van der Waals surface area contributed by atoms with Gasteiger partial charge in [0.1, 0.15) is 5.75 Å². The van der Waals surface area contributed by atoms with Crippen molar-refractivity contribution in [3.63, 3.8) is 0 Å². The largest absolute Gasteiger partial charge is 0.508 e. The van der Waals surface area contributed by atoms with Crippen LogP contribution in [0.5, 0.6) is 5.75 Å². The van der Waals surface area contributed by atoms with E-state index in [4.69, 9.17) is 0 Å². The number of pyridine rings is 1. The molecule has 2 heterocycles. The van der Waals surface area contributed by atoms with Gasteiger partial charge in [0.05, 0.1) is 15.9 Å². The van der Waals surface area contributed by atoms with Crippen molar-refractivity contribution in [1.29, 1.82) is 0 Å². The summed E-state index contributed by atoms with van der Waals surface area (Å²) in [7, 11) is 0. The summed E-state index contributed by atoms with van der Waals surface area (Å²) >= 11 is 1.70. The number of benzene rings is 1. The van der Waals surface area contributed by atoms with Gasteiger partial charge in [0.2, 0.25) is 0 Å². The van der Waals surface area contributed by atoms with Crippen molar-refractivity contribution in [2.45, 2.75) is 13.8 Å². The van der Waals surface area contributed by atoms with E-state index in [0.717, 1.165) is 50.7 Å². The highest BCUT2D eigenvalue weighted by molar-refractivity contribution is 7.20. The number of anilines is 2. The van der Waals surface area contributed by atoms with E-state index in [1.807, 2.05) is 25.1 Å². The molecule has 144 valence electrons. The van der Waals surface area contributed by atoms with E-state index in [1.54, 1.807) is 29.7 Å². The molecule has 28 heavy (non-hydrogen) atoms. The monoisotopic (exact) mass is 391 g/mol. The molecule has 0 bridgehead atoms. The average Bonchev–Trinajstić information content (AvgIpc) is 3.12. The highest BCUT2D eigenvalue weighted by atomic mass is 32.1. The van der Waals surface area contributed by atoms with Crippen molar-refractivity contribution >= 4 is 38.5 Å². The average molecular weight is 392 g/mol. The number of aromatic nitrogens is 1. The van der Waals surface area contributed by atoms with Crippen molar-refractivity contribution in [3.05, 3.63) is 77.9 Å². The summed E-state index contributed by atoms with van der Waals surface area (Å²) in [6.45, 7) is 9.93. The summed E-state index contributed by atoms with van der Waals surface area (Å²) in [5.74, 6) is 0.237. The van der Waals surface area contributed by atoms with E-state index in [9.17, 15) is 5.11 Å². The summed E-state index contributed by atoms with van der Waals surface area (Å²) < 4.78 is 1.08. The normalized spacial score (nSPS) is 12.0. The minimum absolute atomic E-state index is 0.237. The topological polar surface area (TPSA) is 57.2 Å². The van der Waals surface area contributed by atoms with E-state index in [-0.39, 0.29) is 5.75 Å². The highest BCUT2D eigenvalue weighted by Crippen LogP contribution is 2.36. The van der Waals surface area contributed by atoms with E-state index in [0.29, 0.717) is 0 Å². The molecule has 3 aromatic rings. The van der Waals surface area contributed by atoms with Gasteiger partial charge >= 0.3 is 0 Å². The Hall–Kier alpha value is -2.89. The Bertz CT molecular complexity index is 1030. The number of allylic oxidation sites excluding steroid dienone is 3. The van der Waals surface area contributed by atoms with Gasteiger partial charge in [-0.2, -0.15) is 0 Å². The number of likely N-dealkylation sites (N-methyl/N-ethyl adjacent to an activating group) is 1. The lowest BCUT2D eigenvalue weighted by atomic mass is 10.1. The fourth-order valence-corrected chi connectivity index (χ4v) is 3.93. The van der Waals surface area contributed by atoms with Crippen LogP contribution < -0.4 is 10.6 Å². The van der Waals surface area contributed by atoms with Crippen molar-refractivity contribution in [2.75, 3.05) is 18.4 Å². The molecule has 4 nitrogen and oxygen atoms in total. The van der Waals surface area contributed by atoms with Gasteiger partial charge in [-0.15, -0.1) is 11.3 Å². The third-order valence-electron chi connectivity index (χ3n) is 4.23. The SMILES string of the molecule is C=C(/C=C\C(=C/C)c1cc2nccc(Nc3cccc(O)c3)c2s1)CNCC. The second-order valence-corrected chi connectivity index (χ2v) is 7.43. The number of nitrogens with one attached hydrogen (secondary N) is 2. The Labute approximate surface area is 170 Å². The number of hydrogen-bond donors (Lipinski definition) is 3. The lowest BCUT2D eigenvalue weighted by Gasteiger charge is -2.07. The predicted octanol–water partition coefficient (Wildman–Crippen LogP) is 5.87. The smallest absolute Gasteiger partial charge is 0.117 e. The zero-order chi connectivity index (χ0) is 19.9. The van der Waals surface area contributed by atoms with Gasteiger partial charge in [-0.05, 0) is 48.9 Å². The maximum absolute atomic E-state index is 9.69. The van der Waals surface area contributed by atoms with Crippen molar-refractivity contribution < 1.29 is 5.11 Å². The van der Waals surface area contributed by atoms with Crippen LogP contribution in [0.15, 0.2) is 73.0 Å². The zero-order valence-electron chi connectivity index (χ0n) is 16.2. The molecule has 3 rings (SSSR count). The van der Waals surface area contributed by atoms with Crippen LogP contribution in [0.3, 0.4) is 0 Å². The molecule has 3 N–H and O–H groups in total. The molecule has 2 aromatic heterocycles. The molecule has 0 spiro atoms. The number of phenolic OH excluding ortho intramolecular Hbond substituents is 1. The quantitative estimate of drug-likeness (QED) is 0.420. The molecule has 0 unspecified atom stereocenters. The number of nitrogens with zero attached hydrogens (tertiary/aromatic N) is 1. The Morgan fingerprint density at radius 2 is 2.11 bits per heavy atom. The van der Waals surface area contributed by atoms with Crippen LogP contribution >= 0.6 is 11.3 Å². The second kappa shape index (κ2) is 9.35.